The Kier molecular flexibility index (Phi) is 5.70. The van der Waals surface area contributed by atoms with Gasteiger partial charge >= 0.3 is 0 Å². The average molecular weight is 370 g/mol. The number of carbonyl (C=O) groups excluding carboxylic acids is 1. The number of hydrogen-bond donors (Lipinski definition) is 1. The lowest BCUT2D eigenvalue weighted by Gasteiger charge is -2.23. The third kappa shape index (κ3) is 3.95. The number of amides is 1. The Hall–Kier alpha value is -2.64. The SMILES string of the molecule is COc1cn(-c2ccccc2)nc1C(=O)NC[C@H](c1ccsc1)N(C)C. The lowest BCUT2D eigenvalue weighted by molar-refractivity contribution is 0.0933. The van der Waals surface area contributed by atoms with Gasteiger partial charge in [-0.15, -0.1) is 0 Å². The Labute approximate surface area is 157 Å². The van der Waals surface area contributed by atoms with E-state index in [4.69, 9.17) is 4.74 Å². The molecule has 0 bridgehead atoms. The van der Waals surface area contributed by atoms with Crippen molar-refractivity contribution in [1.29, 1.82) is 0 Å². The third-order valence-electron chi connectivity index (χ3n) is 4.14. The van der Waals surface area contributed by atoms with Crippen molar-refractivity contribution in [3.8, 4) is 11.4 Å². The molecule has 0 saturated carbocycles. The molecule has 3 aromatic rings. The maximum Gasteiger partial charge on any atom is 0.275 e. The standard InChI is InChI=1S/C19H22N4O2S/c1-22(2)16(14-9-10-26-13-14)11-20-19(24)18-17(25-3)12-23(21-18)15-7-5-4-6-8-15/h4-10,12-13,16H,11H2,1-3H3,(H,20,24)/t16-/m1/s1. The minimum absolute atomic E-state index is 0.104. The molecule has 0 spiro atoms. The van der Waals surface area contributed by atoms with Gasteiger partial charge in [0.05, 0.1) is 25.0 Å². The molecule has 3 rings (SSSR count). The van der Waals surface area contributed by atoms with E-state index in [0.29, 0.717) is 12.3 Å². The second-order valence-electron chi connectivity index (χ2n) is 6.07. The summed E-state index contributed by atoms with van der Waals surface area (Å²) in [5, 5.41) is 11.5. The summed E-state index contributed by atoms with van der Waals surface area (Å²) in [5.41, 5.74) is 2.33. The molecule has 26 heavy (non-hydrogen) atoms. The van der Waals surface area contributed by atoms with Gasteiger partial charge in [0.1, 0.15) is 0 Å². The molecule has 0 fully saturated rings. The Morgan fingerprint density at radius 3 is 2.69 bits per heavy atom. The molecule has 136 valence electrons. The number of para-hydroxylation sites is 1. The van der Waals surface area contributed by atoms with Gasteiger partial charge in [0, 0.05) is 6.54 Å². The first-order chi connectivity index (χ1) is 12.6. The monoisotopic (exact) mass is 370 g/mol. The van der Waals surface area contributed by atoms with Gasteiger partial charge in [0.25, 0.3) is 5.91 Å². The summed E-state index contributed by atoms with van der Waals surface area (Å²) in [4.78, 5) is 14.8. The molecule has 6 nitrogen and oxygen atoms in total. The van der Waals surface area contributed by atoms with E-state index < -0.39 is 0 Å². The highest BCUT2D eigenvalue weighted by Gasteiger charge is 2.21. The number of nitrogens with zero attached hydrogens (tertiary/aromatic N) is 3. The molecule has 1 atom stereocenters. The van der Waals surface area contributed by atoms with Crippen LogP contribution in [0.1, 0.15) is 22.1 Å². The maximum absolute atomic E-state index is 12.7. The van der Waals surface area contributed by atoms with Crippen LogP contribution in [0, 0.1) is 0 Å². The van der Waals surface area contributed by atoms with Crippen LogP contribution in [0.2, 0.25) is 0 Å². The van der Waals surface area contributed by atoms with E-state index in [0.717, 1.165) is 5.69 Å². The number of thiophene rings is 1. The van der Waals surface area contributed by atoms with Gasteiger partial charge in [-0.05, 0) is 48.6 Å². The number of hydrogen-bond acceptors (Lipinski definition) is 5. The second kappa shape index (κ2) is 8.16. The summed E-state index contributed by atoms with van der Waals surface area (Å²) in [6.45, 7) is 0.490. The van der Waals surface area contributed by atoms with Crippen molar-refractivity contribution in [3.05, 3.63) is 64.6 Å². The summed E-state index contributed by atoms with van der Waals surface area (Å²) < 4.78 is 6.99. The molecule has 0 saturated heterocycles. The molecule has 1 aromatic carbocycles. The second-order valence-corrected chi connectivity index (χ2v) is 6.85. The van der Waals surface area contributed by atoms with E-state index in [1.165, 1.54) is 12.7 Å². The fraction of sp³-hybridized carbons (Fsp3) is 0.263. The topological polar surface area (TPSA) is 59.4 Å². The Balaban J connectivity index is 1.76. The Bertz CT molecular complexity index is 844. The van der Waals surface area contributed by atoms with Gasteiger partial charge in [0.15, 0.2) is 11.4 Å². The van der Waals surface area contributed by atoms with Gasteiger partial charge in [-0.25, -0.2) is 4.68 Å². The molecule has 0 aliphatic carbocycles. The molecule has 1 amide bonds. The van der Waals surface area contributed by atoms with Crippen LogP contribution in [-0.4, -0.2) is 48.3 Å². The van der Waals surface area contributed by atoms with Crippen LogP contribution in [0.15, 0.2) is 53.4 Å². The molecule has 7 heteroatoms. The van der Waals surface area contributed by atoms with Crippen LogP contribution in [-0.2, 0) is 0 Å². The van der Waals surface area contributed by atoms with Gasteiger partial charge in [0.2, 0.25) is 0 Å². The zero-order valence-corrected chi connectivity index (χ0v) is 15.9. The van der Waals surface area contributed by atoms with E-state index in [9.17, 15) is 4.79 Å². The van der Waals surface area contributed by atoms with Crippen LogP contribution in [0.5, 0.6) is 5.75 Å². The largest absolute Gasteiger partial charge is 0.493 e. The number of nitrogens with one attached hydrogen (secondary N) is 1. The lowest BCUT2D eigenvalue weighted by atomic mass is 10.1. The maximum atomic E-state index is 12.7. The number of benzene rings is 1. The summed E-state index contributed by atoms with van der Waals surface area (Å²) in [7, 11) is 5.54. The molecule has 1 N–H and O–H groups in total. The first kappa shape index (κ1) is 18.2. The van der Waals surface area contributed by atoms with Crippen LogP contribution in [0.3, 0.4) is 0 Å². The number of aromatic nitrogens is 2. The number of rotatable bonds is 7. The van der Waals surface area contributed by atoms with Crippen LogP contribution in [0.25, 0.3) is 5.69 Å². The fourth-order valence-electron chi connectivity index (χ4n) is 2.71. The Morgan fingerprint density at radius 1 is 1.31 bits per heavy atom. The average Bonchev–Trinajstić information content (AvgIpc) is 3.32. The van der Waals surface area contributed by atoms with Crippen molar-refractivity contribution >= 4 is 17.2 Å². The summed E-state index contributed by atoms with van der Waals surface area (Å²) in [6.07, 6.45) is 1.71. The van der Waals surface area contributed by atoms with E-state index in [1.54, 1.807) is 22.2 Å². The molecule has 2 aromatic heterocycles. The highest BCUT2D eigenvalue weighted by Crippen LogP contribution is 2.22. The van der Waals surface area contributed by atoms with E-state index in [2.05, 4.69) is 26.8 Å². The molecular weight excluding hydrogens is 348 g/mol. The summed E-state index contributed by atoms with van der Waals surface area (Å²) in [5.74, 6) is 0.196. The molecule has 0 radical (unpaired) electrons. The van der Waals surface area contributed by atoms with Crippen LogP contribution >= 0.6 is 11.3 Å². The van der Waals surface area contributed by atoms with E-state index >= 15 is 0 Å². The molecule has 0 unspecified atom stereocenters. The zero-order chi connectivity index (χ0) is 18.5. The normalized spacial score (nSPS) is 12.2. The van der Waals surface area contributed by atoms with Gasteiger partial charge in [-0.2, -0.15) is 16.4 Å². The fourth-order valence-corrected chi connectivity index (χ4v) is 3.42. The quantitative estimate of drug-likeness (QED) is 0.695. The van der Waals surface area contributed by atoms with Crippen LogP contribution < -0.4 is 10.1 Å². The highest BCUT2D eigenvalue weighted by atomic mass is 32.1. The van der Waals surface area contributed by atoms with E-state index in [1.807, 2.05) is 49.8 Å². The van der Waals surface area contributed by atoms with Crippen molar-refractivity contribution < 1.29 is 9.53 Å². The number of methoxy groups -OCH3 is 1. The van der Waals surface area contributed by atoms with Gasteiger partial charge in [-0.3, -0.25) is 4.79 Å². The minimum Gasteiger partial charge on any atom is -0.493 e. The van der Waals surface area contributed by atoms with E-state index in [-0.39, 0.29) is 17.6 Å². The smallest absolute Gasteiger partial charge is 0.275 e. The molecule has 2 heterocycles. The van der Waals surface area contributed by atoms with Crippen molar-refractivity contribution in [1.82, 2.24) is 20.0 Å². The summed E-state index contributed by atoms with van der Waals surface area (Å²) >= 11 is 1.65. The third-order valence-corrected chi connectivity index (χ3v) is 4.85. The number of likely N-dealkylation sites (N-methyl/N-ethyl adjacent to an activating group) is 1. The predicted molar refractivity (Wildman–Crippen MR) is 103 cm³/mol. The number of carbonyl (C=O) groups is 1. The minimum atomic E-state index is -0.251. The summed E-state index contributed by atoms with van der Waals surface area (Å²) in [6, 6.07) is 11.8. The van der Waals surface area contributed by atoms with Crippen molar-refractivity contribution in [3.63, 3.8) is 0 Å². The lowest BCUT2D eigenvalue weighted by Crippen LogP contribution is -2.34. The van der Waals surface area contributed by atoms with Crippen molar-refractivity contribution in [2.45, 2.75) is 6.04 Å². The van der Waals surface area contributed by atoms with Gasteiger partial charge in [-0.1, -0.05) is 18.2 Å². The molecular formula is C19H22N4O2S. The first-order valence-electron chi connectivity index (χ1n) is 8.26. The van der Waals surface area contributed by atoms with Crippen molar-refractivity contribution in [2.75, 3.05) is 27.7 Å². The number of ether oxygens (including phenoxy) is 1. The highest BCUT2D eigenvalue weighted by molar-refractivity contribution is 7.07. The molecule has 0 aliphatic rings. The van der Waals surface area contributed by atoms with Gasteiger partial charge < -0.3 is 15.0 Å². The predicted octanol–water partition coefficient (Wildman–Crippen LogP) is 2.98. The Morgan fingerprint density at radius 2 is 2.08 bits per heavy atom. The van der Waals surface area contributed by atoms with Crippen LogP contribution in [0.4, 0.5) is 0 Å². The zero-order valence-electron chi connectivity index (χ0n) is 15.0. The first-order valence-corrected chi connectivity index (χ1v) is 9.20. The van der Waals surface area contributed by atoms with Crippen molar-refractivity contribution in [2.24, 2.45) is 0 Å². The molecule has 0 aliphatic heterocycles.